The minimum atomic E-state index is -0.378. The fraction of sp³-hybridized carbons (Fsp3) is 0.0667. The molecule has 3 aromatic rings. The van der Waals surface area contributed by atoms with E-state index in [1.807, 2.05) is 6.07 Å². The summed E-state index contributed by atoms with van der Waals surface area (Å²) in [5.41, 5.74) is 3.92. The standard InChI is InChI=1S/C15H9Cl2NO2S/c16-11-3-1-9(5-12(11)17)7-20-15(19)10-2-4-13-14(6-10)21-8-18-13/h1-6,8H,7H2. The largest absolute Gasteiger partial charge is 0.457 e. The number of esters is 1. The highest BCUT2D eigenvalue weighted by Gasteiger charge is 2.10. The zero-order valence-corrected chi connectivity index (χ0v) is 13.0. The molecule has 6 heteroatoms. The Morgan fingerprint density at radius 3 is 2.81 bits per heavy atom. The van der Waals surface area contributed by atoms with Crippen molar-refractivity contribution in [3.8, 4) is 0 Å². The summed E-state index contributed by atoms with van der Waals surface area (Å²) in [5.74, 6) is -0.378. The molecule has 3 rings (SSSR count). The van der Waals surface area contributed by atoms with Gasteiger partial charge >= 0.3 is 5.97 Å². The lowest BCUT2D eigenvalue weighted by Crippen LogP contribution is -2.05. The highest BCUT2D eigenvalue weighted by molar-refractivity contribution is 7.16. The van der Waals surface area contributed by atoms with Crippen molar-refractivity contribution in [2.45, 2.75) is 6.61 Å². The van der Waals surface area contributed by atoms with Crippen molar-refractivity contribution in [3.05, 3.63) is 63.1 Å². The smallest absolute Gasteiger partial charge is 0.338 e. The van der Waals surface area contributed by atoms with Gasteiger partial charge in [0.2, 0.25) is 0 Å². The normalized spacial score (nSPS) is 10.8. The minimum Gasteiger partial charge on any atom is -0.457 e. The van der Waals surface area contributed by atoms with Crippen LogP contribution in [0, 0.1) is 0 Å². The Morgan fingerprint density at radius 1 is 1.14 bits per heavy atom. The average molecular weight is 338 g/mol. The number of ether oxygens (including phenoxy) is 1. The monoisotopic (exact) mass is 337 g/mol. The number of aromatic nitrogens is 1. The lowest BCUT2D eigenvalue weighted by molar-refractivity contribution is 0.0473. The Bertz CT molecular complexity index is 816. The van der Waals surface area contributed by atoms with Gasteiger partial charge in [-0.25, -0.2) is 9.78 Å². The summed E-state index contributed by atoms with van der Waals surface area (Å²) in [6.45, 7) is 0.149. The third kappa shape index (κ3) is 3.18. The summed E-state index contributed by atoms with van der Waals surface area (Å²) in [5, 5.41) is 0.915. The fourth-order valence-corrected chi connectivity index (χ4v) is 2.88. The first-order valence-electron chi connectivity index (χ1n) is 6.08. The molecule has 1 aromatic heterocycles. The fourth-order valence-electron chi connectivity index (χ4n) is 1.84. The van der Waals surface area contributed by atoms with Crippen molar-refractivity contribution >= 4 is 50.7 Å². The van der Waals surface area contributed by atoms with Gasteiger partial charge in [0.05, 0.1) is 31.3 Å². The minimum absolute atomic E-state index is 0.149. The van der Waals surface area contributed by atoms with E-state index in [1.54, 1.807) is 35.8 Å². The predicted octanol–water partition coefficient (Wildman–Crippen LogP) is 4.96. The van der Waals surface area contributed by atoms with E-state index in [1.165, 1.54) is 11.3 Å². The van der Waals surface area contributed by atoms with Crippen LogP contribution in [0.4, 0.5) is 0 Å². The number of carbonyl (C=O) groups excluding carboxylic acids is 1. The molecule has 0 bridgehead atoms. The number of fused-ring (bicyclic) bond motifs is 1. The van der Waals surface area contributed by atoms with Gasteiger partial charge in [0.25, 0.3) is 0 Å². The summed E-state index contributed by atoms with van der Waals surface area (Å²) in [6.07, 6.45) is 0. The van der Waals surface area contributed by atoms with Crippen LogP contribution in [0.1, 0.15) is 15.9 Å². The molecule has 0 aliphatic carbocycles. The highest BCUT2D eigenvalue weighted by Crippen LogP contribution is 2.23. The average Bonchev–Trinajstić information content (AvgIpc) is 2.95. The van der Waals surface area contributed by atoms with Gasteiger partial charge in [-0.1, -0.05) is 29.3 Å². The molecule has 0 amide bonds. The number of rotatable bonds is 3. The second kappa shape index (κ2) is 6.02. The Labute approximate surface area is 135 Å². The molecule has 1 heterocycles. The van der Waals surface area contributed by atoms with Crippen LogP contribution in [-0.4, -0.2) is 11.0 Å². The van der Waals surface area contributed by atoms with E-state index in [-0.39, 0.29) is 12.6 Å². The van der Waals surface area contributed by atoms with Crippen LogP contribution < -0.4 is 0 Å². The van der Waals surface area contributed by atoms with E-state index in [0.29, 0.717) is 15.6 Å². The van der Waals surface area contributed by atoms with Crippen LogP contribution >= 0.6 is 34.5 Å². The molecule has 0 atom stereocenters. The van der Waals surface area contributed by atoms with Crippen LogP contribution in [-0.2, 0) is 11.3 Å². The maximum atomic E-state index is 12.0. The van der Waals surface area contributed by atoms with Gasteiger partial charge in [0.15, 0.2) is 0 Å². The van der Waals surface area contributed by atoms with Gasteiger partial charge in [-0.2, -0.15) is 0 Å². The summed E-state index contributed by atoms with van der Waals surface area (Å²) in [7, 11) is 0. The maximum absolute atomic E-state index is 12.0. The van der Waals surface area contributed by atoms with Gasteiger partial charge in [0.1, 0.15) is 6.61 Å². The van der Waals surface area contributed by atoms with Gasteiger partial charge in [0, 0.05) is 0 Å². The number of hydrogen-bond acceptors (Lipinski definition) is 4. The zero-order valence-electron chi connectivity index (χ0n) is 10.7. The van der Waals surface area contributed by atoms with E-state index < -0.39 is 0 Å². The molecule has 0 aliphatic heterocycles. The van der Waals surface area contributed by atoms with Crippen LogP contribution in [0.15, 0.2) is 41.9 Å². The Morgan fingerprint density at radius 2 is 2.00 bits per heavy atom. The second-order valence-corrected chi connectivity index (χ2v) is 6.06. The molecule has 0 saturated heterocycles. The zero-order chi connectivity index (χ0) is 14.8. The van der Waals surface area contributed by atoms with E-state index in [4.69, 9.17) is 27.9 Å². The van der Waals surface area contributed by atoms with Gasteiger partial charge in [-0.3, -0.25) is 0 Å². The van der Waals surface area contributed by atoms with Crippen LogP contribution in [0.3, 0.4) is 0 Å². The molecule has 0 aliphatic rings. The number of halogens is 2. The van der Waals surface area contributed by atoms with Crippen molar-refractivity contribution in [2.24, 2.45) is 0 Å². The Kier molecular flexibility index (Phi) is 4.10. The molecule has 2 aromatic carbocycles. The quantitative estimate of drug-likeness (QED) is 0.634. The third-order valence-electron chi connectivity index (χ3n) is 2.92. The van der Waals surface area contributed by atoms with E-state index in [0.717, 1.165) is 15.8 Å². The molecular formula is C15H9Cl2NO2S. The Hall–Kier alpha value is -1.62. The predicted molar refractivity (Wildman–Crippen MR) is 85.2 cm³/mol. The topological polar surface area (TPSA) is 39.2 Å². The number of nitrogens with zero attached hydrogens (tertiary/aromatic N) is 1. The van der Waals surface area contributed by atoms with E-state index >= 15 is 0 Å². The molecule has 0 unspecified atom stereocenters. The molecule has 21 heavy (non-hydrogen) atoms. The lowest BCUT2D eigenvalue weighted by atomic mass is 10.2. The van der Waals surface area contributed by atoms with Crippen molar-refractivity contribution < 1.29 is 9.53 Å². The van der Waals surface area contributed by atoms with Crippen molar-refractivity contribution in [2.75, 3.05) is 0 Å². The number of thiazole rings is 1. The van der Waals surface area contributed by atoms with Crippen LogP contribution in [0.5, 0.6) is 0 Å². The third-order valence-corrected chi connectivity index (χ3v) is 4.45. The molecule has 106 valence electrons. The van der Waals surface area contributed by atoms with Gasteiger partial charge < -0.3 is 4.74 Å². The molecule has 0 N–H and O–H groups in total. The first-order valence-corrected chi connectivity index (χ1v) is 7.71. The molecule has 3 nitrogen and oxygen atoms in total. The van der Waals surface area contributed by atoms with Crippen LogP contribution in [0.2, 0.25) is 10.0 Å². The number of carbonyl (C=O) groups is 1. The molecule has 0 fully saturated rings. The van der Waals surface area contributed by atoms with Crippen LogP contribution in [0.25, 0.3) is 10.2 Å². The lowest BCUT2D eigenvalue weighted by Gasteiger charge is -2.06. The van der Waals surface area contributed by atoms with Crippen molar-refractivity contribution in [3.63, 3.8) is 0 Å². The Balaban J connectivity index is 1.72. The summed E-state index contributed by atoms with van der Waals surface area (Å²) in [4.78, 5) is 16.2. The maximum Gasteiger partial charge on any atom is 0.338 e. The molecule has 0 spiro atoms. The van der Waals surface area contributed by atoms with E-state index in [2.05, 4.69) is 4.98 Å². The molecular weight excluding hydrogens is 329 g/mol. The second-order valence-electron chi connectivity index (χ2n) is 4.36. The van der Waals surface area contributed by atoms with Crippen molar-refractivity contribution in [1.82, 2.24) is 4.98 Å². The van der Waals surface area contributed by atoms with Crippen molar-refractivity contribution in [1.29, 1.82) is 0 Å². The number of hydrogen-bond donors (Lipinski definition) is 0. The first kappa shape index (κ1) is 14.3. The summed E-state index contributed by atoms with van der Waals surface area (Å²) in [6, 6.07) is 10.4. The summed E-state index contributed by atoms with van der Waals surface area (Å²) < 4.78 is 6.24. The van der Waals surface area contributed by atoms with E-state index in [9.17, 15) is 4.79 Å². The van der Waals surface area contributed by atoms with Gasteiger partial charge in [-0.05, 0) is 35.9 Å². The number of benzene rings is 2. The summed E-state index contributed by atoms with van der Waals surface area (Å²) >= 11 is 13.2. The first-order chi connectivity index (χ1) is 10.1. The highest BCUT2D eigenvalue weighted by atomic mass is 35.5. The molecule has 0 radical (unpaired) electrons. The SMILES string of the molecule is O=C(OCc1ccc(Cl)c(Cl)c1)c1ccc2ncsc2c1. The van der Waals surface area contributed by atoms with Gasteiger partial charge in [-0.15, -0.1) is 11.3 Å². The molecule has 0 saturated carbocycles.